The van der Waals surface area contributed by atoms with Crippen molar-refractivity contribution in [3.63, 3.8) is 0 Å². The Balaban J connectivity index is 3.72. The van der Waals surface area contributed by atoms with Crippen LogP contribution in [-0.2, 0) is 9.53 Å². The van der Waals surface area contributed by atoms with Gasteiger partial charge in [0.05, 0.1) is 0 Å². The number of hydrogen-bond acceptors (Lipinski definition) is 2. The first-order valence-electron chi connectivity index (χ1n) is 2.85. The summed E-state index contributed by atoms with van der Waals surface area (Å²) in [4.78, 5) is 10.6. The molecule has 0 saturated carbocycles. The summed E-state index contributed by atoms with van der Waals surface area (Å²) in [6.45, 7) is 4.35. The Kier molecular flexibility index (Phi) is 4.54. The van der Waals surface area contributed by atoms with Gasteiger partial charge in [-0.05, 0) is 6.92 Å². The van der Waals surface area contributed by atoms with Crippen LogP contribution in [-0.4, -0.2) is 12.6 Å². The summed E-state index contributed by atoms with van der Waals surface area (Å²) in [5, 5.41) is 0. The Morgan fingerprint density at radius 2 is 2.36 bits per heavy atom. The molecule has 62 valence electrons. The maximum absolute atomic E-state index is 12.2. The lowest BCUT2D eigenvalue weighted by atomic mass is 10.4. The Hall–Kier alpha value is -0.830. The van der Waals surface area contributed by atoms with E-state index in [4.69, 9.17) is 11.6 Å². The number of carbonyl (C=O) groups is 1. The first-order chi connectivity index (χ1) is 5.07. The van der Waals surface area contributed by atoms with Gasteiger partial charge < -0.3 is 4.74 Å². The van der Waals surface area contributed by atoms with Crippen molar-refractivity contribution >= 4 is 17.6 Å². The Bertz CT molecular complexity index is 199. The zero-order valence-electron chi connectivity index (χ0n) is 6.06. The maximum atomic E-state index is 12.2. The summed E-state index contributed by atoms with van der Waals surface area (Å²) in [7, 11) is 0. The normalized spacial score (nSPS) is 11.0. The molecular weight excluding hydrogens is 171 g/mol. The second kappa shape index (κ2) is 4.91. The van der Waals surface area contributed by atoms with Crippen molar-refractivity contribution in [2.24, 2.45) is 0 Å². The van der Waals surface area contributed by atoms with Crippen LogP contribution < -0.4 is 0 Å². The highest BCUT2D eigenvalue weighted by Crippen LogP contribution is 2.01. The van der Waals surface area contributed by atoms with E-state index in [2.05, 4.69) is 11.3 Å². The summed E-state index contributed by atoms with van der Waals surface area (Å²) in [6, 6.07) is 0. The minimum atomic E-state index is -0.693. The molecule has 0 aliphatic carbocycles. The van der Waals surface area contributed by atoms with Crippen molar-refractivity contribution in [2.75, 3.05) is 6.61 Å². The zero-order chi connectivity index (χ0) is 8.85. The number of carbonyl (C=O) groups excluding carboxylic acids is 1. The molecule has 0 unspecified atom stereocenters. The monoisotopic (exact) mass is 178 g/mol. The molecule has 0 N–H and O–H groups in total. The number of rotatable bonds is 3. The molecule has 0 radical (unpaired) electrons. The predicted octanol–water partition coefficient (Wildman–Crippen LogP) is 2.16. The Morgan fingerprint density at radius 1 is 1.82 bits per heavy atom. The maximum Gasteiger partial charge on any atom is 0.333 e. The molecule has 11 heavy (non-hydrogen) atoms. The average molecular weight is 179 g/mol. The zero-order valence-corrected chi connectivity index (χ0v) is 6.82. The molecule has 0 bridgehead atoms. The third-order valence-corrected chi connectivity index (χ3v) is 1.04. The van der Waals surface area contributed by atoms with Crippen molar-refractivity contribution < 1.29 is 13.9 Å². The second-order valence-electron chi connectivity index (χ2n) is 1.91. The van der Waals surface area contributed by atoms with Crippen LogP contribution >= 0.6 is 11.6 Å². The summed E-state index contributed by atoms with van der Waals surface area (Å²) >= 11 is 4.96. The van der Waals surface area contributed by atoms with Gasteiger partial charge in [0.1, 0.15) is 12.4 Å². The SMILES string of the molecule is C=C(C)C(=O)OCC(F)=CCl. The first-order valence-corrected chi connectivity index (χ1v) is 3.29. The minimum absolute atomic E-state index is 0.229. The van der Waals surface area contributed by atoms with Crippen LogP contribution in [0.4, 0.5) is 4.39 Å². The van der Waals surface area contributed by atoms with E-state index >= 15 is 0 Å². The van der Waals surface area contributed by atoms with E-state index in [9.17, 15) is 9.18 Å². The lowest BCUT2D eigenvalue weighted by molar-refractivity contribution is -0.138. The van der Waals surface area contributed by atoms with Gasteiger partial charge in [-0.15, -0.1) is 0 Å². The van der Waals surface area contributed by atoms with Crippen LogP contribution in [0.1, 0.15) is 6.92 Å². The van der Waals surface area contributed by atoms with E-state index in [1.54, 1.807) is 0 Å². The largest absolute Gasteiger partial charge is 0.455 e. The fourth-order valence-corrected chi connectivity index (χ4v) is 0.352. The number of ether oxygens (including phenoxy) is 1. The number of hydrogen-bond donors (Lipinski definition) is 0. The van der Waals surface area contributed by atoms with Gasteiger partial charge in [-0.1, -0.05) is 18.2 Å². The Morgan fingerprint density at radius 3 is 2.73 bits per heavy atom. The van der Waals surface area contributed by atoms with Gasteiger partial charge in [0, 0.05) is 11.1 Å². The molecule has 0 amide bonds. The van der Waals surface area contributed by atoms with E-state index in [1.165, 1.54) is 6.92 Å². The molecule has 0 aliphatic rings. The fraction of sp³-hybridized carbons (Fsp3) is 0.286. The highest BCUT2D eigenvalue weighted by Gasteiger charge is 2.03. The summed E-state index contributed by atoms with van der Waals surface area (Å²) in [5.74, 6) is -1.32. The molecule has 0 rings (SSSR count). The minimum Gasteiger partial charge on any atom is -0.455 e. The molecular formula is C7H8ClFO2. The fourth-order valence-electron chi connectivity index (χ4n) is 0.289. The van der Waals surface area contributed by atoms with Crippen LogP contribution in [0.25, 0.3) is 0 Å². The Labute approximate surface area is 69.3 Å². The predicted molar refractivity (Wildman–Crippen MR) is 40.8 cm³/mol. The third-order valence-electron chi connectivity index (χ3n) is 0.808. The molecule has 0 saturated heterocycles. The van der Waals surface area contributed by atoms with Gasteiger partial charge in [-0.3, -0.25) is 0 Å². The molecule has 0 atom stereocenters. The molecule has 0 fully saturated rings. The summed E-state index contributed by atoms with van der Waals surface area (Å²) < 4.78 is 16.6. The van der Waals surface area contributed by atoms with Crippen LogP contribution in [0, 0.1) is 0 Å². The quantitative estimate of drug-likeness (QED) is 0.489. The third kappa shape index (κ3) is 4.56. The van der Waals surface area contributed by atoms with E-state index in [0.717, 1.165) is 0 Å². The van der Waals surface area contributed by atoms with Crippen LogP contribution in [0.3, 0.4) is 0 Å². The first kappa shape index (κ1) is 10.2. The smallest absolute Gasteiger partial charge is 0.333 e. The average Bonchev–Trinajstić information content (AvgIpc) is 1.99. The van der Waals surface area contributed by atoms with Gasteiger partial charge >= 0.3 is 5.97 Å². The van der Waals surface area contributed by atoms with E-state index in [-0.39, 0.29) is 5.57 Å². The number of esters is 1. The lowest BCUT2D eigenvalue weighted by Crippen LogP contribution is -2.06. The highest BCUT2D eigenvalue weighted by molar-refractivity contribution is 6.25. The topological polar surface area (TPSA) is 26.3 Å². The molecule has 4 heteroatoms. The van der Waals surface area contributed by atoms with E-state index in [1.807, 2.05) is 0 Å². The molecule has 2 nitrogen and oxygen atoms in total. The summed E-state index contributed by atoms with van der Waals surface area (Å²) in [5.41, 5.74) is 0.943. The molecule has 0 spiro atoms. The highest BCUT2D eigenvalue weighted by atomic mass is 35.5. The van der Waals surface area contributed by atoms with Crippen molar-refractivity contribution in [3.8, 4) is 0 Å². The van der Waals surface area contributed by atoms with Gasteiger partial charge in [0.2, 0.25) is 0 Å². The lowest BCUT2D eigenvalue weighted by Gasteiger charge is -2.00. The van der Waals surface area contributed by atoms with E-state index in [0.29, 0.717) is 5.54 Å². The standard InChI is InChI=1S/C7H8ClFO2/c1-5(2)7(10)11-4-6(9)3-8/h3H,1,4H2,2H3. The van der Waals surface area contributed by atoms with Crippen LogP contribution in [0.2, 0.25) is 0 Å². The van der Waals surface area contributed by atoms with Gasteiger partial charge in [-0.2, -0.15) is 0 Å². The van der Waals surface area contributed by atoms with Crippen LogP contribution in [0.5, 0.6) is 0 Å². The molecule has 0 aromatic heterocycles. The van der Waals surface area contributed by atoms with Crippen molar-refractivity contribution in [1.29, 1.82) is 0 Å². The van der Waals surface area contributed by atoms with E-state index < -0.39 is 18.4 Å². The van der Waals surface area contributed by atoms with Crippen molar-refractivity contribution in [2.45, 2.75) is 6.92 Å². The van der Waals surface area contributed by atoms with Gasteiger partial charge in [0.25, 0.3) is 0 Å². The molecule has 0 aromatic rings. The van der Waals surface area contributed by atoms with Crippen molar-refractivity contribution in [3.05, 3.63) is 23.5 Å². The summed E-state index contributed by atoms with van der Waals surface area (Å²) in [6.07, 6.45) is 0. The second-order valence-corrected chi connectivity index (χ2v) is 2.13. The molecule has 0 heterocycles. The van der Waals surface area contributed by atoms with Crippen molar-refractivity contribution in [1.82, 2.24) is 0 Å². The van der Waals surface area contributed by atoms with Gasteiger partial charge in [0.15, 0.2) is 0 Å². The molecule has 0 aromatic carbocycles. The number of halogens is 2. The van der Waals surface area contributed by atoms with Crippen LogP contribution in [0.15, 0.2) is 23.5 Å². The van der Waals surface area contributed by atoms with Gasteiger partial charge in [-0.25, -0.2) is 9.18 Å². The molecule has 0 aliphatic heterocycles.